The van der Waals surface area contributed by atoms with Crippen LogP contribution in [0.25, 0.3) is 0 Å². The fourth-order valence-electron chi connectivity index (χ4n) is 2.84. The van der Waals surface area contributed by atoms with Crippen molar-refractivity contribution in [2.24, 2.45) is 0 Å². The van der Waals surface area contributed by atoms with E-state index in [9.17, 15) is 14.4 Å². The Balaban J connectivity index is 2.07. The predicted molar refractivity (Wildman–Crippen MR) is 69.3 cm³/mol. The van der Waals surface area contributed by atoms with Crippen LogP contribution in [-0.2, 0) is 9.59 Å². The topological polar surface area (TPSA) is 78.5 Å². The summed E-state index contributed by atoms with van der Waals surface area (Å²) in [6.07, 6.45) is 3.98. The van der Waals surface area contributed by atoms with Crippen LogP contribution >= 0.6 is 0 Å². The van der Waals surface area contributed by atoms with E-state index in [-0.39, 0.29) is 24.4 Å². The first kappa shape index (κ1) is 13.8. The van der Waals surface area contributed by atoms with Crippen molar-refractivity contribution < 1.29 is 14.4 Å². The highest BCUT2D eigenvalue weighted by atomic mass is 16.2. The molecule has 0 aromatic rings. The van der Waals surface area contributed by atoms with Crippen LogP contribution in [0.3, 0.4) is 0 Å². The molecule has 0 aromatic heterocycles. The van der Waals surface area contributed by atoms with Gasteiger partial charge in [0.25, 0.3) is 5.91 Å². The number of rotatable bonds is 4. The Hall–Kier alpha value is -1.59. The van der Waals surface area contributed by atoms with Gasteiger partial charge in [-0.15, -0.1) is 0 Å². The van der Waals surface area contributed by atoms with Crippen LogP contribution in [0.4, 0.5) is 4.79 Å². The van der Waals surface area contributed by atoms with Crippen molar-refractivity contribution in [1.29, 1.82) is 0 Å². The molecule has 106 valence electrons. The number of hydrogen-bond donors (Lipinski definition) is 2. The van der Waals surface area contributed by atoms with Crippen LogP contribution in [-0.4, -0.2) is 40.9 Å². The van der Waals surface area contributed by atoms with Gasteiger partial charge in [0.05, 0.1) is 0 Å². The SMILES string of the molecule is CCC(C)NC(=O)CN1C(=O)NC(=O)C12CCCC2. The quantitative estimate of drug-likeness (QED) is 0.738. The first-order valence-electron chi connectivity index (χ1n) is 6.92. The number of amides is 4. The molecule has 1 aliphatic carbocycles. The molecule has 1 unspecified atom stereocenters. The summed E-state index contributed by atoms with van der Waals surface area (Å²) in [5.74, 6) is -0.447. The van der Waals surface area contributed by atoms with Gasteiger partial charge in [0.2, 0.25) is 5.91 Å². The number of hydrogen-bond acceptors (Lipinski definition) is 3. The van der Waals surface area contributed by atoms with Crippen molar-refractivity contribution in [1.82, 2.24) is 15.5 Å². The molecule has 1 saturated carbocycles. The monoisotopic (exact) mass is 267 g/mol. The van der Waals surface area contributed by atoms with Gasteiger partial charge in [-0.3, -0.25) is 14.9 Å². The van der Waals surface area contributed by atoms with Gasteiger partial charge in [0, 0.05) is 6.04 Å². The molecule has 6 heteroatoms. The predicted octanol–water partition coefficient (Wildman–Crippen LogP) is 0.766. The lowest BCUT2D eigenvalue weighted by atomic mass is 9.96. The van der Waals surface area contributed by atoms with E-state index in [1.165, 1.54) is 4.90 Å². The van der Waals surface area contributed by atoms with Crippen LogP contribution in [0.2, 0.25) is 0 Å². The maximum absolute atomic E-state index is 12.0. The summed E-state index contributed by atoms with van der Waals surface area (Å²) >= 11 is 0. The van der Waals surface area contributed by atoms with E-state index in [0.29, 0.717) is 12.8 Å². The van der Waals surface area contributed by atoms with Crippen molar-refractivity contribution in [2.75, 3.05) is 6.54 Å². The van der Waals surface area contributed by atoms with Crippen LogP contribution < -0.4 is 10.6 Å². The van der Waals surface area contributed by atoms with E-state index in [1.807, 2.05) is 13.8 Å². The third-order valence-corrected chi connectivity index (χ3v) is 4.16. The maximum Gasteiger partial charge on any atom is 0.325 e. The molecule has 1 aliphatic heterocycles. The summed E-state index contributed by atoms with van der Waals surface area (Å²) in [5.41, 5.74) is -0.774. The second-order valence-corrected chi connectivity index (χ2v) is 5.46. The van der Waals surface area contributed by atoms with E-state index in [2.05, 4.69) is 10.6 Å². The van der Waals surface area contributed by atoms with Gasteiger partial charge in [-0.05, 0) is 26.2 Å². The highest BCUT2D eigenvalue weighted by Gasteiger charge is 2.54. The molecule has 2 N–H and O–H groups in total. The van der Waals surface area contributed by atoms with E-state index in [1.54, 1.807) is 0 Å². The molecule has 4 amide bonds. The van der Waals surface area contributed by atoms with Crippen molar-refractivity contribution >= 4 is 17.8 Å². The number of carbonyl (C=O) groups excluding carboxylic acids is 3. The minimum Gasteiger partial charge on any atom is -0.352 e. The Morgan fingerprint density at radius 3 is 2.63 bits per heavy atom. The third-order valence-electron chi connectivity index (χ3n) is 4.16. The number of urea groups is 1. The van der Waals surface area contributed by atoms with Crippen LogP contribution in [0.1, 0.15) is 46.0 Å². The van der Waals surface area contributed by atoms with Gasteiger partial charge in [-0.2, -0.15) is 0 Å². The second-order valence-electron chi connectivity index (χ2n) is 5.46. The summed E-state index contributed by atoms with van der Waals surface area (Å²) in [4.78, 5) is 37.2. The standard InChI is InChI=1S/C13H21N3O3/c1-3-9(2)14-10(17)8-16-12(19)15-11(18)13(16)6-4-5-7-13/h9H,3-8H2,1-2H3,(H,14,17)(H,15,18,19). The molecule has 19 heavy (non-hydrogen) atoms. The molecular formula is C13H21N3O3. The molecule has 1 atom stereocenters. The summed E-state index contributed by atoms with van der Waals surface area (Å²) in [6.45, 7) is 3.86. The lowest BCUT2D eigenvalue weighted by Crippen LogP contribution is -2.51. The van der Waals surface area contributed by atoms with Gasteiger partial charge < -0.3 is 10.2 Å². The summed E-state index contributed by atoms with van der Waals surface area (Å²) in [6, 6.07) is -0.361. The largest absolute Gasteiger partial charge is 0.352 e. The Morgan fingerprint density at radius 1 is 1.42 bits per heavy atom. The minimum atomic E-state index is -0.774. The van der Waals surface area contributed by atoms with Gasteiger partial charge >= 0.3 is 6.03 Å². The molecule has 6 nitrogen and oxygen atoms in total. The zero-order valence-corrected chi connectivity index (χ0v) is 11.5. The third kappa shape index (κ3) is 2.43. The molecule has 1 saturated heterocycles. The van der Waals surface area contributed by atoms with Crippen molar-refractivity contribution in [3.05, 3.63) is 0 Å². The van der Waals surface area contributed by atoms with Gasteiger partial charge in [0.1, 0.15) is 12.1 Å². The van der Waals surface area contributed by atoms with E-state index < -0.39 is 11.6 Å². The Morgan fingerprint density at radius 2 is 2.05 bits per heavy atom. The Bertz CT molecular complexity index is 402. The smallest absolute Gasteiger partial charge is 0.325 e. The molecule has 1 heterocycles. The van der Waals surface area contributed by atoms with E-state index in [4.69, 9.17) is 0 Å². The van der Waals surface area contributed by atoms with Crippen LogP contribution in [0.5, 0.6) is 0 Å². The Kier molecular flexibility index (Phi) is 3.78. The number of carbonyl (C=O) groups is 3. The zero-order valence-electron chi connectivity index (χ0n) is 11.5. The number of nitrogens with zero attached hydrogens (tertiary/aromatic N) is 1. The molecule has 0 radical (unpaired) electrons. The average molecular weight is 267 g/mol. The van der Waals surface area contributed by atoms with Gasteiger partial charge in [0.15, 0.2) is 0 Å². The molecule has 2 fully saturated rings. The first-order chi connectivity index (χ1) is 8.99. The molecule has 0 aromatic carbocycles. The number of imide groups is 1. The summed E-state index contributed by atoms with van der Waals surface area (Å²) in [5, 5.41) is 5.17. The highest BCUT2D eigenvalue weighted by Crippen LogP contribution is 2.38. The Labute approximate surface area is 112 Å². The molecule has 2 rings (SSSR count). The van der Waals surface area contributed by atoms with Gasteiger partial charge in [-0.1, -0.05) is 19.8 Å². The normalized spacial score (nSPS) is 22.7. The average Bonchev–Trinajstić information content (AvgIpc) is 2.92. The fourth-order valence-corrected chi connectivity index (χ4v) is 2.84. The highest BCUT2D eigenvalue weighted by molar-refractivity contribution is 6.08. The van der Waals surface area contributed by atoms with Crippen molar-refractivity contribution in [3.8, 4) is 0 Å². The second kappa shape index (κ2) is 5.19. The van der Waals surface area contributed by atoms with E-state index >= 15 is 0 Å². The number of nitrogens with one attached hydrogen (secondary N) is 2. The van der Waals surface area contributed by atoms with Crippen molar-refractivity contribution in [2.45, 2.75) is 57.5 Å². The molecule has 2 aliphatic rings. The fraction of sp³-hybridized carbons (Fsp3) is 0.769. The van der Waals surface area contributed by atoms with E-state index in [0.717, 1.165) is 19.3 Å². The molecular weight excluding hydrogens is 246 g/mol. The molecule has 1 spiro atoms. The minimum absolute atomic E-state index is 0.0398. The van der Waals surface area contributed by atoms with Crippen LogP contribution in [0.15, 0.2) is 0 Å². The zero-order chi connectivity index (χ0) is 14.0. The first-order valence-corrected chi connectivity index (χ1v) is 6.92. The lowest BCUT2D eigenvalue weighted by molar-refractivity contribution is -0.128. The van der Waals surface area contributed by atoms with Crippen LogP contribution in [0, 0.1) is 0 Å². The maximum atomic E-state index is 12.0. The molecule has 0 bridgehead atoms. The summed E-state index contributed by atoms with van der Waals surface area (Å²) < 4.78 is 0. The van der Waals surface area contributed by atoms with Gasteiger partial charge in [-0.25, -0.2) is 4.79 Å². The van der Waals surface area contributed by atoms with Crippen molar-refractivity contribution in [3.63, 3.8) is 0 Å². The summed E-state index contributed by atoms with van der Waals surface area (Å²) in [7, 11) is 0. The lowest BCUT2D eigenvalue weighted by Gasteiger charge is -2.31.